The van der Waals surface area contributed by atoms with Crippen LogP contribution in [-0.4, -0.2) is 20.0 Å². The lowest BCUT2D eigenvalue weighted by atomic mass is 10.3. The Bertz CT molecular complexity index is 446. The van der Waals surface area contributed by atoms with Crippen LogP contribution in [-0.2, 0) is 14.8 Å². The van der Waals surface area contributed by atoms with E-state index < -0.39 is 26.6 Å². The molecule has 0 aliphatic heterocycles. The lowest BCUT2D eigenvalue weighted by Crippen LogP contribution is -2.14. The molecule has 0 saturated carbocycles. The van der Waals surface area contributed by atoms with Crippen molar-refractivity contribution in [3.63, 3.8) is 0 Å². The number of carboxylic acid groups (broad SMARTS) is 1. The first-order valence-electron chi connectivity index (χ1n) is 3.38. The molecule has 1 aromatic carbocycles. The first-order chi connectivity index (χ1) is 6.82. The fourth-order valence-corrected chi connectivity index (χ4v) is 1.29. The highest BCUT2D eigenvalue weighted by Crippen LogP contribution is 2.13. The second-order valence-electron chi connectivity index (χ2n) is 2.23. The Morgan fingerprint density at radius 1 is 1.33 bits per heavy atom. The summed E-state index contributed by atoms with van der Waals surface area (Å²) in [5, 5.41) is 11.5. The SMILES string of the molecule is NS(=O)(=O)c1ccc(F)cc1F.O=CO. The van der Waals surface area contributed by atoms with Gasteiger partial charge in [-0.1, -0.05) is 0 Å². The highest BCUT2D eigenvalue weighted by atomic mass is 32.2. The molecule has 0 aliphatic carbocycles. The van der Waals surface area contributed by atoms with Crippen LogP contribution in [0, 0.1) is 11.6 Å². The Kier molecular flexibility index (Phi) is 4.82. The first-order valence-corrected chi connectivity index (χ1v) is 4.93. The van der Waals surface area contributed by atoms with Gasteiger partial charge >= 0.3 is 0 Å². The molecule has 0 bridgehead atoms. The van der Waals surface area contributed by atoms with Gasteiger partial charge in [0.25, 0.3) is 6.47 Å². The molecule has 0 amide bonds. The lowest BCUT2D eigenvalue weighted by molar-refractivity contribution is -0.122. The number of carbonyl (C=O) groups is 1. The van der Waals surface area contributed by atoms with E-state index in [0.29, 0.717) is 6.07 Å². The van der Waals surface area contributed by atoms with Gasteiger partial charge in [0.2, 0.25) is 10.0 Å². The Morgan fingerprint density at radius 2 is 1.80 bits per heavy atom. The van der Waals surface area contributed by atoms with Crippen LogP contribution in [0.1, 0.15) is 0 Å². The molecule has 0 atom stereocenters. The van der Waals surface area contributed by atoms with Crippen molar-refractivity contribution in [2.75, 3.05) is 0 Å². The Balaban J connectivity index is 0.000000583. The third-order valence-corrected chi connectivity index (χ3v) is 2.14. The standard InChI is InChI=1S/C6H5F2NO2S.CH2O2/c7-4-1-2-6(5(8)3-4)12(9,10)11;2-1-3/h1-3H,(H2,9,10,11);1H,(H,2,3). The van der Waals surface area contributed by atoms with Crippen molar-refractivity contribution in [1.82, 2.24) is 0 Å². The van der Waals surface area contributed by atoms with Crippen LogP contribution in [0.25, 0.3) is 0 Å². The van der Waals surface area contributed by atoms with Gasteiger partial charge in [-0.2, -0.15) is 0 Å². The van der Waals surface area contributed by atoms with Gasteiger partial charge in [-0.05, 0) is 12.1 Å². The minimum Gasteiger partial charge on any atom is -0.483 e. The third kappa shape index (κ3) is 4.47. The zero-order valence-corrected chi connectivity index (χ0v) is 8.04. The van der Waals surface area contributed by atoms with Crippen molar-refractivity contribution in [1.29, 1.82) is 0 Å². The Labute approximate surface area is 84.2 Å². The minimum atomic E-state index is -4.09. The molecule has 0 radical (unpaired) electrons. The fourth-order valence-electron chi connectivity index (χ4n) is 0.706. The van der Waals surface area contributed by atoms with Gasteiger partial charge in [-0.25, -0.2) is 22.3 Å². The van der Waals surface area contributed by atoms with Crippen LogP contribution in [0.4, 0.5) is 8.78 Å². The maximum Gasteiger partial charge on any atom is 0.290 e. The normalized spacial score (nSPS) is 10.1. The summed E-state index contributed by atoms with van der Waals surface area (Å²) >= 11 is 0. The second kappa shape index (κ2) is 5.37. The van der Waals surface area contributed by atoms with E-state index in [0.717, 1.165) is 12.1 Å². The van der Waals surface area contributed by atoms with Gasteiger partial charge in [0.1, 0.15) is 16.5 Å². The molecule has 0 fully saturated rings. The molecule has 0 unspecified atom stereocenters. The van der Waals surface area contributed by atoms with Crippen molar-refractivity contribution in [3.8, 4) is 0 Å². The van der Waals surface area contributed by atoms with E-state index in [4.69, 9.17) is 9.90 Å². The highest BCUT2D eigenvalue weighted by molar-refractivity contribution is 7.89. The van der Waals surface area contributed by atoms with E-state index in [9.17, 15) is 17.2 Å². The summed E-state index contributed by atoms with van der Waals surface area (Å²) in [5.74, 6) is -2.03. The molecular weight excluding hydrogens is 232 g/mol. The number of sulfonamides is 1. The summed E-state index contributed by atoms with van der Waals surface area (Å²) in [7, 11) is -4.09. The molecular formula is C7H7F2NO4S. The maximum absolute atomic E-state index is 12.6. The van der Waals surface area contributed by atoms with E-state index in [1.807, 2.05) is 0 Å². The van der Waals surface area contributed by atoms with Crippen LogP contribution >= 0.6 is 0 Å². The number of benzene rings is 1. The van der Waals surface area contributed by atoms with Crippen molar-refractivity contribution < 1.29 is 27.1 Å². The number of hydrogen-bond donors (Lipinski definition) is 2. The van der Waals surface area contributed by atoms with Gasteiger partial charge in [-0.15, -0.1) is 0 Å². The van der Waals surface area contributed by atoms with Crippen molar-refractivity contribution in [2.24, 2.45) is 5.14 Å². The van der Waals surface area contributed by atoms with E-state index in [2.05, 4.69) is 5.14 Å². The van der Waals surface area contributed by atoms with Crippen LogP contribution < -0.4 is 5.14 Å². The van der Waals surface area contributed by atoms with Crippen LogP contribution in [0.5, 0.6) is 0 Å². The molecule has 5 nitrogen and oxygen atoms in total. The summed E-state index contributed by atoms with van der Waals surface area (Å²) in [6.07, 6.45) is 0. The van der Waals surface area contributed by atoms with Gasteiger partial charge in [0, 0.05) is 6.07 Å². The largest absolute Gasteiger partial charge is 0.483 e. The smallest absolute Gasteiger partial charge is 0.290 e. The third-order valence-electron chi connectivity index (χ3n) is 1.20. The van der Waals surface area contributed by atoms with E-state index in [-0.39, 0.29) is 6.47 Å². The van der Waals surface area contributed by atoms with Gasteiger partial charge in [0.05, 0.1) is 0 Å². The van der Waals surface area contributed by atoms with Gasteiger partial charge in [-0.3, -0.25) is 4.79 Å². The predicted octanol–water partition coefficient (Wildman–Crippen LogP) is 0.313. The highest BCUT2D eigenvalue weighted by Gasteiger charge is 2.13. The lowest BCUT2D eigenvalue weighted by Gasteiger charge is -1.98. The van der Waals surface area contributed by atoms with E-state index >= 15 is 0 Å². The van der Waals surface area contributed by atoms with Crippen molar-refractivity contribution >= 4 is 16.5 Å². The maximum atomic E-state index is 12.6. The summed E-state index contributed by atoms with van der Waals surface area (Å²) in [6.45, 7) is -0.250. The molecule has 0 spiro atoms. The monoisotopic (exact) mass is 239 g/mol. The molecule has 1 rings (SSSR count). The molecule has 84 valence electrons. The van der Waals surface area contributed by atoms with Crippen LogP contribution in [0.3, 0.4) is 0 Å². The quantitative estimate of drug-likeness (QED) is 0.689. The number of primary sulfonamides is 1. The first kappa shape index (κ1) is 13.5. The summed E-state index contributed by atoms with van der Waals surface area (Å²) in [4.78, 5) is 7.66. The number of halogens is 2. The second-order valence-corrected chi connectivity index (χ2v) is 3.76. The van der Waals surface area contributed by atoms with E-state index in [1.54, 1.807) is 0 Å². The number of rotatable bonds is 1. The topological polar surface area (TPSA) is 97.5 Å². The minimum absolute atomic E-state index is 0.250. The molecule has 0 aliphatic rings. The average Bonchev–Trinajstić information content (AvgIpc) is 2.02. The van der Waals surface area contributed by atoms with Crippen LogP contribution in [0.2, 0.25) is 0 Å². The molecule has 15 heavy (non-hydrogen) atoms. The summed E-state index contributed by atoms with van der Waals surface area (Å²) in [5.41, 5.74) is 0. The van der Waals surface area contributed by atoms with Gasteiger partial charge < -0.3 is 5.11 Å². The van der Waals surface area contributed by atoms with Crippen molar-refractivity contribution in [3.05, 3.63) is 29.8 Å². The van der Waals surface area contributed by atoms with Gasteiger partial charge in [0.15, 0.2) is 0 Å². The molecule has 0 aromatic heterocycles. The van der Waals surface area contributed by atoms with Crippen LogP contribution in [0.15, 0.2) is 23.1 Å². The Hall–Kier alpha value is -1.54. The zero-order valence-electron chi connectivity index (χ0n) is 7.22. The number of hydrogen-bond acceptors (Lipinski definition) is 3. The summed E-state index contributed by atoms with van der Waals surface area (Å²) in [6, 6.07) is 2.06. The van der Waals surface area contributed by atoms with Crippen molar-refractivity contribution in [2.45, 2.75) is 4.90 Å². The number of nitrogens with two attached hydrogens (primary N) is 1. The molecule has 3 N–H and O–H groups in total. The predicted molar refractivity (Wildman–Crippen MR) is 46.4 cm³/mol. The fraction of sp³-hybridized carbons (Fsp3) is 0. The average molecular weight is 239 g/mol. The molecule has 0 saturated heterocycles. The Morgan fingerprint density at radius 3 is 2.13 bits per heavy atom. The zero-order chi connectivity index (χ0) is 12.1. The summed E-state index contributed by atoms with van der Waals surface area (Å²) < 4.78 is 46.1. The van der Waals surface area contributed by atoms with E-state index in [1.165, 1.54) is 0 Å². The molecule has 0 heterocycles. The molecule has 8 heteroatoms. The molecule has 1 aromatic rings.